The van der Waals surface area contributed by atoms with Crippen LogP contribution in [0, 0.1) is 5.21 Å². The van der Waals surface area contributed by atoms with Gasteiger partial charge in [-0.05, 0) is 50.5 Å². The minimum absolute atomic E-state index is 0.0966. The van der Waals surface area contributed by atoms with Crippen LogP contribution in [0.15, 0.2) is 78.9 Å². The first-order chi connectivity index (χ1) is 15.6. The Kier molecular flexibility index (Phi) is 5.07. The zero-order chi connectivity index (χ0) is 22.1. The van der Waals surface area contributed by atoms with Gasteiger partial charge in [0.2, 0.25) is 0 Å². The molecule has 0 atom stereocenters. The van der Waals surface area contributed by atoms with Crippen LogP contribution >= 0.6 is 0 Å². The van der Waals surface area contributed by atoms with Gasteiger partial charge in [0.1, 0.15) is 5.75 Å². The lowest BCUT2D eigenvalue weighted by Crippen LogP contribution is -2.14. The summed E-state index contributed by atoms with van der Waals surface area (Å²) in [7, 11) is 1.31. The molecule has 32 heavy (non-hydrogen) atoms. The summed E-state index contributed by atoms with van der Waals surface area (Å²) in [6.07, 6.45) is 1.61. The van der Waals surface area contributed by atoms with Crippen LogP contribution < -0.4 is 4.74 Å². The quantitative estimate of drug-likeness (QED) is 0.0933. The second-order valence-corrected chi connectivity index (χ2v) is 7.69. The molecular weight excluding hydrogens is 402 g/mol. The Morgan fingerprint density at radius 3 is 2.34 bits per heavy atom. The summed E-state index contributed by atoms with van der Waals surface area (Å²) in [6.45, 7) is -0.107. The van der Waals surface area contributed by atoms with E-state index < -0.39 is 5.97 Å². The number of carbonyl (C=O) groups excluding carboxylic acids is 1. The smallest absolute Gasteiger partial charge is 0.343 e. The van der Waals surface area contributed by atoms with Crippen LogP contribution in [0.4, 0.5) is 0 Å². The Morgan fingerprint density at radius 2 is 1.56 bits per heavy atom. The highest BCUT2D eigenvalue weighted by molar-refractivity contribution is 6.25. The average molecular weight is 423 g/mol. The van der Waals surface area contributed by atoms with Crippen LogP contribution in [0.3, 0.4) is 0 Å². The molecule has 0 aliphatic rings. The van der Waals surface area contributed by atoms with Crippen LogP contribution in [0.2, 0.25) is 0 Å². The maximum Gasteiger partial charge on any atom is 0.343 e. The summed E-state index contributed by atoms with van der Waals surface area (Å²) in [5.41, 5.74) is 1.55. The second-order valence-electron chi connectivity index (χ2n) is 7.69. The highest BCUT2D eigenvalue weighted by Crippen LogP contribution is 2.35. The van der Waals surface area contributed by atoms with E-state index in [2.05, 4.69) is 53.3 Å². The molecule has 0 aliphatic heterocycles. The number of para-hydroxylation sites is 1. The number of hydrogen-bond acceptors (Lipinski definition) is 4. The number of rotatable bonds is 6. The zero-order valence-corrected chi connectivity index (χ0v) is 17.6. The first kappa shape index (κ1) is 19.8. The van der Waals surface area contributed by atoms with Gasteiger partial charge in [-0.1, -0.05) is 60.7 Å². The number of benzene rings is 5. The van der Waals surface area contributed by atoms with Crippen LogP contribution in [0.5, 0.6) is 5.75 Å². The third-order valence-electron chi connectivity index (χ3n) is 5.72. The Balaban J connectivity index is 1.52. The summed E-state index contributed by atoms with van der Waals surface area (Å²) in [4.78, 5) is 11.4. The number of hydroxylamine groups is 1. The fraction of sp³-hybridized carbons (Fsp3) is 0.111. The van der Waals surface area contributed by atoms with Crippen molar-refractivity contribution in [2.45, 2.75) is 6.54 Å². The van der Waals surface area contributed by atoms with E-state index in [0.717, 1.165) is 21.1 Å². The summed E-state index contributed by atoms with van der Waals surface area (Å²) < 4.78 is 11.0. The SMILES string of the molecule is COC(=O)COc1ccccc1C/[N+]([O-])=C/c1ccc2ccc3cccc4ccc1c2c34. The first-order valence-electron chi connectivity index (χ1n) is 10.4. The predicted molar refractivity (Wildman–Crippen MR) is 127 cm³/mol. The summed E-state index contributed by atoms with van der Waals surface area (Å²) in [5, 5.41) is 19.9. The molecule has 0 saturated carbocycles. The Bertz CT molecular complexity index is 1460. The van der Waals surface area contributed by atoms with E-state index in [-0.39, 0.29) is 13.2 Å². The van der Waals surface area contributed by atoms with E-state index >= 15 is 0 Å². The van der Waals surface area contributed by atoms with E-state index in [9.17, 15) is 10.0 Å². The van der Waals surface area contributed by atoms with Crippen molar-refractivity contribution in [3.63, 3.8) is 0 Å². The number of ether oxygens (including phenoxy) is 2. The molecule has 5 aromatic rings. The van der Waals surface area contributed by atoms with Gasteiger partial charge in [0.15, 0.2) is 19.4 Å². The van der Waals surface area contributed by atoms with Crippen molar-refractivity contribution in [2.75, 3.05) is 13.7 Å². The lowest BCUT2D eigenvalue weighted by atomic mass is 9.92. The molecule has 0 spiro atoms. The first-order valence-corrected chi connectivity index (χ1v) is 10.4. The molecule has 0 aromatic heterocycles. The fourth-order valence-electron chi connectivity index (χ4n) is 4.21. The summed E-state index contributed by atoms with van der Waals surface area (Å²) >= 11 is 0. The van der Waals surface area contributed by atoms with Crippen molar-refractivity contribution in [1.82, 2.24) is 0 Å². The highest BCUT2D eigenvalue weighted by Gasteiger charge is 2.13. The number of nitrogens with zero attached hydrogens (tertiary/aromatic N) is 1. The maximum atomic E-state index is 12.9. The van der Waals surface area contributed by atoms with Crippen molar-refractivity contribution >= 4 is 44.5 Å². The normalized spacial score (nSPS) is 12.0. The minimum atomic E-state index is -0.473. The highest BCUT2D eigenvalue weighted by atomic mass is 16.6. The van der Waals surface area contributed by atoms with Crippen molar-refractivity contribution in [3.05, 3.63) is 95.2 Å². The molecule has 5 rings (SSSR count). The third-order valence-corrected chi connectivity index (χ3v) is 5.72. The monoisotopic (exact) mass is 423 g/mol. The van der Waals surface area contributed by atoms with Gasteiger partial charge in [0.25, 0.3) is 0 Å². The molecule has 5 heteroatoms. The van der Waals surface area contributed by atoms with Gasteiger partial charge in [0.05, 0.1) is 12.7 Å². The Labute approximate surface area is 185 Å². The number of carbonyl (C=O) groups is 1. The average Bonchev–Trinajstić information content (AvgIpc) is 2.82. The van der Waals surface area contributed by atoms with Crippen LogP contribution in [0.1, 0.15) is 11.1 Å². The minimum Gasteiger partial charge on any atom is -0.624 e. The molecule has 5 aromatic carbocycles. The molecule has 0 N–H and O–H groups in total. The molecule has 158 valence electrons. The predicted octanol–water partition coefficient (Wildman–Crippen LogP) is 5.27. The van der Waals surface area contributed by atoms with Crippen LogP contribution in [0.25, 0.3) is 32.3 Å². The van der Waals surface area contributed by atoms with Gasteiger partial charge >= 0.3 is 5.97 Å². The lowest BCUT2D eigenvalue weighted by Gasteiger charge is -2.13. The van der Waals surface area contributed by atoms with Gasteiger partial charge in [-0.15, -0.1) is 0 Å². The number of hydrogen-bond donors (Lipinski definition) is 0. The van der Waals surface area contributed by atoms with Gasteiger partial charge in [0, 0.05) is 5.56 Å². The second kappa shape index (κ2) is 8.19. The molecule has 0 unspecified atom stereocenters. The largest absolute Gasteiger partial charge is 0.624 e. The summed E-state index contributed by atoms with van der Waals surface area (Å²) in [6, 6.07) is 26.0. The van der Waals surface area contributed by atoms with E-state index in [1.54, 1.807) is 18.3 Å². The third kappa shape index (κ3) is 3.58. The molecule has 0 radical (unpaired) electrons. The lowest BCUT2D eigenvalue weighted by molar-refractivity contribution is -0.469. The van der Waals surface area contributed by atoms with Gasteiger partial charge in [-0.3, -0.25) is 0 Å². The molecule has 0 bridgehead atoms. The molecular formula is C27H21NO4. The molecule has 0 fully saturated rings. The summed E-state index contributed by atoms with van der Waals surface area (Å²) in [5.74, 6) is 0.0153. The van der Waals surface area contributed by atoms with Crippen molar-refractivity contribution < 1.29 is 19.0 Å². The Hall–Kier alpha value is -4.12. The number of methoxy groups -OCH3 is 1. The van der Waals surface area contributed by atoms with Crippen molar-refractivity contribution in [1.29, 1.82) is 0 Å². The molecule has 0 saturated heterocycles. The molecule has 0 heterocycles. The number of esters is 1. The van der Waals surface area contributed by atoms with Crippen molar-refractivity contribution in [3.8, 4) is 5.75 Å². The van der Waals surface area contributed by atoms with Crippen molar-refractivity contribution in [2.24, 2.45) is 0 Å². The van der Waals surface area contributed by atoms with E-state index in [1.807, 2.05) is 18.2 Å². The van der Waals surface area contributed by atoms with Crippen LogP contribution in [-0.4, -0.2) is 30.6 Å². The fourth-order valence-corrected chi connectivity index (χ4v) is 4.21. The van der Waals surface area contributed by atoms with Gasteiger partial charge in [-0.2, -0.15) is 0 Å². The van der Waals surface area contributed by atoms with Gasteiger partial charge < -0.3 is 14.7 Å². The van der Waals surface area contributed by atoms with E-state index in [4.69, 9.17) is 4.74 Å². The van der Waals surface area contributed by atoms with Crippen LogP contribution in [-0.2, 0) is 16.1 Å². The van der Waals surface area contributed by atoms with E-state index in [0.29, 0.717) is 11.3 Å². The zero-order valence-electron chi connectivity index (χ0n) is 17.6. The molecule has 5 nitrogen and oxygen atoms in total. The maximum absolute atomic E-state index is 12.9. The van der Waals surface area contributed by atoms with Gasteiger partial charge in [-0.25, -0.2) is 9.53 Å². The molecule has 0 aliphatic carbocycles. The molecule has 0 amide bonds. The topological polar surface area (TPSA) is 61.6 Å². The Morgan fingerprint density at radius 1 is 0.875 bits per heavy atom. The van der Waals surface area contributed by atoms with E-state index in [1.165, 1.54) is 28.7 Å². The standard InChI is InChI=1S/C27H21NO4/c1-31-25(29)17-32-24-8-3-2-5-22(24)16-28(30)15-21-12-11-20-10-9-18-6-4-7-19-13-14-23(21)27(20)26(18)19/h2-15H,16-17H2,1H3/b28-15-.